The molecule has 1 aromatic rings. The monoisotopic (exact) mass is 482 g/mol. The van der Waals surface area contributed by atoms with Crippen molar-refractivity contribution in [1.82, 2.24) is 19.9 Å². The Hall–Kier alpha value is -1.14. The van der Waals surface area contributed by atoms with Crippen molar-refractivity contribution >= 4 is 45.8 Å². The smallest absolute Gasteiger partial charge is 0.208 e. The van der Waals surface area contributed by atoms with Crippen LogP contribution in [0.25, 0.3) is 0 Å². The highest BCUT2D eigenvalue weighted by molar-refractivity contribution is 14.0. The Bertz CT molecular complexity index is 633. The van der Waals surface area contributed by atoms with Crippen LogP contribution in [0.15, 0.2) is 29.4 Å². The van der Waals surface area contributed by atoms with E-state index in [9.17, 15) is 8.42 Å². The summed E-state index contributed by atoms with van der Waals surface area (Å²) in [7, 11) is -1.35. The lowest BCUT2D eigenvalue weighted by atomic mass is 10.3. The van der Waals surface area contributed by atoms with E-state index in [2.05, 4.69) is 29.8 Å². The standard InChI is InChI=1S/C15H26N6O2S.HI/c1-16-15(18-8-5-9-19-24(2,22)23)21-12-10-20(11-13-21)14-6-3-4-7-17-14;/h3-4,6-7,19H,5,8-13H2,1-2H3,(H,16,18);1H. The largest absolute Gasteiger partial charge is 0.356 e. The van der Waals surface area contributed by atoms with Crippen molar-refractivity contribution in [2.45, 2.75) is 6.42 Å². The van der Waals surface area contributed by atoms with Gasteiger partial charge in [0.2, 0.25) is 10.0 Å². The molecule has 2 rings (SSSR count). The van der Waals surface area contributed by atoms with Crippen molar-refractivity contribution in [3.05, 3.63) is 24.4 Å². The quantitative estimate of drug-likeness (QED) is 0.263. The third kappa shape index (κ3) is 7.74. The van der Waals surface area contributed by atoms with Gasteiger partial charge in [-0.3, -0.25) is 4.99 Å². The Labute approximate surface area is 167 Å². The van der Waals surface area contributed by atoms with Gasteiger partial charge >= 0.3 is 0 Å². The molecule has 8 nitrogen and oxygen atoms in total. The maximum atomic E-state index is 11.0. The van der Waals surface area contributed by atoms with Crippen LogP contribution in [0, 0.1) is 0 Å². The van der Waals surface area contributed by atoms with Crippen LogP contribution >= 0.6 is 24.0 Å². The number of aliphatic imine (C=N–C) groups is 1. The lowest BCUT2D eigenvalue weighted by Crippen LogP contribution is -2.53. The molecule has 0 radical (unpaired) electrons. The molecule has 0 bridgehead atoms. The average molecular weight is 482 g/mol. The van der Waals surface area contributed by atoms with Crippen molar-refractivity contribution in [1.29, 1.82) is 0 Å². The zero-order valence-corrected chi connectivity index (χ0v) is 17.8. The molecule has 0 spiro atoms. The second kappa shape index (κ2) is 10.8. The van der Waals surface area contributed by atoms with E-state index in [1.165, 1.54) is 6.26 Å². The summed E-state index contributed by atoms with van der Waals surface area (Å²) in [6.45, 7) is 4.64. The van der Waals surface area contributed by atoms with Gasteiger partial charge in [-0.2, -0.15) is 0 Å². The number of nitrogens with one attached hydrogen (secondary N) is 2. The van der Waals surface area contributed by atoms with Crippen LogP contribution in [0.3, 0.4) is 0 Å². The van der Waals surface area contributed by atoms with E-state index in [1.54, 1.807) is 7.05 Å². The number of aromatic nitrogens is 1. The number of piperazine rings is 1. The molecule has 1 aromatic heterocycles. The molecule has 0 unspecified atom stereocenters. The van der Waals surface area contributed by atoms with Gasteiger partial charge in [0, 0.05) is 52.5 Å². The first kappa shape index (κ1) is 21.9. The molecule has 25 heavy (non-hydrogen) atoms. The fourth-order valence-electron chi connectivity index (χ4n) is 2.57. The van der Waals surface area contributed by atoms with Crippen molar-refractivity contribution < 1.29 is 8.42 Å². The molecule has 142 valence electrons. The van der Waals surface area contributed by atoms with Crippen LogP contribution in [0.1, 0.15) is 6.42 Å². The van der Waals surface area contributed by atoms with Crippen LogP contribution < -0.4 is 14.9 Å². The minimum atomic E-state index is -3.11. The highest BCUT2D eigenvalue weighted by atomic mass is 127. The topological polar surface area (TPSA) is 89.9 Å². The van der Waals surface area contributed by atoms with Crippen molar-refractivity contribution in [3.8, 4) is 0 Å². The SMILES string of the molecule is CN=C(NCCCNS(C)(=O)=O)N1CCN(c2ccccn2)CC1.I. The average Bonchev–Trinajstić information content (AvgIpc) is 2.58. The molecular weight excluding hydrogens is 455 g/mol. The summed E-state index contributed by atoms with van der Waals surface area (Å²) < 4.78 is 24.5. The number of sulfonamides is 1. The van der Waals surface area contributed by atoms with Crippen molar-refractivity contribution in [2.24, 2.45) is 4.99 Å². The molecule has 1 aliphatic heterocycles. The van der Waals surface area contributed by atoms with Crippen LogP contribution in [0.2, 0.25) is 0 Å². The molecule has 0 amide bonds. The predicted octanol–water partition coefficient (Wildman–Crippen LogP) is 0.336. The summed E-state index contributed by atoms with van der Waals surface area (Å²) in [6.07, 6.45) is 3.69. The van der Waals surface area contributed by atoms with Crippen LogP contribution in [0.4, 0.5) is 5.82 Å². The zero-order valence-electron chi connectivity index (χ0n) is 14.7. The van der Waals surface area contributed by atoms with Gasteiger partial charge in [0.25, 0.3) is 0 Å². The van der Waals surface area contributed by atoms with Crippen LogP contribution in [-0.4, -0.2) is 76.8 Å². The lowest BCUT2D eigenvalue weighted by molar-refractivity contribution is 0.371. The van der Waals surface area contributed by atoms with Gasteiger partial charge in [-0.15, -0.1) is 24.0 Å². The van der Waals surface area contributed by atoms with Crippen LogP contribution in [-0.2, 0) is 10.0 Å². The van der Waals surface area contributed by atoms with Gasteiger partial charge in [0.15, 0.2) is 5.96 Å². The highest BCUT2D eigenvalue weighted by Crippen LogP contribution is 2.12. The normalized spacial score (nSPS) is 15.7. The van der Waals surface area contributed by atoms with Crippen molar-refractivity contribution in [2.75, 3.05) is 57.5 Å². The minimum absolute atomic E-state index is 0. The van der Waals surface area contributed by atoms with E-state index in [0.717, 1.165) is 38.0 Å². The summed E-state index contributed by atoms with van der Waals surface area (Å²) in [6, 6.07) is 5.95. The maximum absolute atomic E-state index is 11.0. The van der Waals surface area contributed by atoms with E-state index in [0.29, 0.717) is 19.5 Å². The molecule has 0 atom stereocenters. The van der Waals surface area contributed by atoms with E-state index in [-0.39, 0.29) is 24.0 Å². The molecule has 0 aromatic carbocycles. The minimum Gasteiger partial charge on any atom is -0.356 e. The number of guanidine groups is 1. The third-order valence-corrected chi connectivity index (χ3v) is 4.49. The van der Waals surface area contributed by atoms with E-state index in [4.69, 9.17) is 0 Å². The Morgan fingerprint density at radius 1 is 1.24 bits per heavy atom. The second-order valence-electron chi connectivity index (χ2n) is 5.66. The highest BCUT2D eigenvalue weighted by Gasteiger charge is 2.20. The Kier molecular flexibility index (Phi) is 9.43. The summed E-state index contributed by atoms with van der Waals surface area (Å²) in [4.78, 5) is 13.2. The number of anilines is 1. The molecule has 1 aliphatic rings. The first-order chi connectivity index (χ1) is 11.5. The molecule has 1 fully saturated rings. The third-order valence-electron chi connectivity index (χ3n) is 3.77. The summed E-state index contributed by atoms with van der Waals surface area (Å²) in [5.41, 5.74) is 0. The summed E-state index contributed by atoms with van der Waals surface area (Å²) >= 11 is 0. The fourth-order valence-corrected chi connectivity index (χ4v) is 3.08. The van der Waals surface area contributed by atoms with Gasteiger partial charge in [-0.25, -0.2) is 18.1 Å². The van der Waals surface area contributed by atoms with E-state index in [1.807, 2.05) is 24.4 Å². The van der Waals surface area contributed by atoms with Gasteiger partial charge < -0.3 is 15.1 Å². The van der Waals surface area contributed by atoms with Gasteiger partial charge in [-0.05, 0) is 18.6 Å². The summed E-state index contributed by atoms with van der Waals surface area (Å²) in [5, 5.41) is 3.29. The molecule has 2 heterocycles. The van der Waals surface area contributed by atoms with Crippen molar-refractivity contribution in [3.63, 3.8) is 0 Å². The first-order valence-electron chi connectivity index (χ1n) is 8.06. The number of pyridine rings is 1. The molecule has 2 N–H and O–H groups in total. The Morgan fingerprint density at radius 2 is 1.96 bits per heavy atom. The summed E-state index contributed by atoms with van der Waals surface area (Å²) in [5.74, 6) is 1.86. The van der Waals surface area contributed by atoms with Gasteiger partial charge in [-0.1, -0.05) is 6.07 Å². The zero-order chi connectivity index (χ0) is 17.4. The van der Waals surface area contributed by atoms with Crippen LogP contribution in [0.5, 0.6) is 0 Å². The first-order valence-corrected chi connectivity index (χ1v) is 9.95. The van der Waals surface area contributed by atoms with E-state index >= 15 is 0 Å². The number of hydrogen-bond acceptors (Lipinski definition) is 5. The number of rotatable bonds is 6. The predicted molar refractivity (Wildman–Crippen MR) is 112 cm³/mol. The molecule has 0 aliphatic carbocycles. The lowest BCUT2D eigenvalue weighted by Gasteiger charge is -2.37. The van der Waals surface area contributed by atoms with E-state index < -0.39 is 10.0 Å². The van der Waals surface area contributed by atoms with Gasteiger partial charge in [0.1, 0.15) is 5.82 Å². The molecule has 10 heteroatoms. The van der Waals surface area contributed by atoms with Gasteiger partial charge in [0.05, 0.1) is 6.26 Å². The maximum Gasteiger partial charge on any atom is 0.208 e. The number of hydrogen-bond donors (Lipinski definition) is 2. The Morgan fingerprint density at radius 3 is 2.52 bits per heavy atom. The molecule has 1 saturated heterocycles. The number of halogens is 1. The number of nitrogens with zero attached hydrogens (tertiary/aromatic N) is 4. The Balaban J connectivity index is 0.00000312. The molecular formula is C15H27IN6O2S. The molecule has 0 saturated carbocycles. The fraction of sp³-hybridized carbons (Fsp3) is 0.600. The second-order valence-corrected chi connectivity index (χ2v) is 7.49.